The first-order valence-corrected chi connectivity index (χ1v) is 6.90. The van der Waals surface area contributed by atoms with Gasteiger partial charge in [-0.2, -0.15) is 0 Å². The molecule has 17 heavy (non-hydrogen) atoms. The van der Waals surface area contributed by atoms with E-state index < -0.39 is 0 Å². The van der Waals surface area contributed by atoms with Gasteiger partial charge in [-0.15, -0.1) is 0 Å². The van der Waals surface area contributed by atoms with Crippen molar-refractivity contribution in [3.05, 3.63) is 27.3 Å². The number of thioether (sulfide) groups is 1. The third kappa shape index (κ3) is 2.92. The molecule has 4 nitrogen and oxygen atoms in total. The van der Waals surface area contributed by atoms with Crippen molar-refractivity contribution in [3.63, 3.8) is 0 Å². The van der Waals surface area contributed by atoms with Crippen molar-refractivity contribution in [2.45, 2.75) is 16.7 Å². The molecule has 1 aliphatic heterocycles. The van der Waals surface area contributed by atoms with Crippen LogP contribution >= 0.6 is 34.4 Å². The molecule has 1 amide bonds. The fourth-order valence-electron chi connectivity index (χ4n) is 1.52. The lowest BCUT2D eigenvalue weighted by molar-refractivity contribution is -0.140. The average molecular weight is 363 g/mol. The predicted octanol–water partition coefficient (Wildman–Crippen LogP) is 2.02. The molecule has 0 radical (unpaired) electrons. The van der Waals surface area contributed by atoms with Crippen molar-refractivity contribution >= 4 is 46.2 Å². The topological polar surface area (TPSA) is 55.4 Å². The maximum absolute atomic E-state index is 11.8. The summed E-state index contributed by atoms with van der Waals surface area (Å²) in [5, 5.41) is 2.54. The highest BCUT2D eigenvalue weighted by molar-refractivity contribution is 14.1. The Morgan fingerprint density at radius 1 is 1.59 bits per heavy atom. The van der Waals surface area contributed by atoms with E-state index in [-0.39, 0.29) is 23.7 Å². The Morgan fingerprint density at radius 2 is 2.35 bits per heavy atom. The van der Waals surface area contributed by atoms with E-state index in [0.29, 0.717) is 5.56 Å². The van der Waals surface area contributed by atoms with Crippen LogP contribution in [0.2, 0.25) is 0 Å². The van der Waals surface area contributed by atoms with Gasteiger partial charge < -0.3 is 10.1 Å². The van der Waals surface area contributed by atoms with Gasteiger partial charge in [-0.25, -0.2) is 0 Å². The van der Waals surface area contributed by atoms with E-state index in [2.05, 4.69) is 32.6 Å². The van der Waals surface area contributed by atoms with Crippen LogP contribution in [0.4, 0.5) is 0 Å². The fraction of sp³-hybridized carbons (Fsp3) is 0.273. The monoisotopic (exact) mass is 363 g/mol. The first-order valence-electron chi connectivity index (χ1n) is 4.94. The Morgan fingerprint density at radius 3 is 3.06 bits per heavy atom. The second kappa shape index (κ2) is 5.26. The van der Waals surface area contributed by atoms with Crippen LogP contribution in [0.15, 0.2) is 23.1 Å². The molecular formula is C11H10INO3S. The highest BCUT2D eigenvalue weighted by Crippen LogP contribution is 2.32. The van der Waals surface area contributed by atoms with Gasteiger partial charge in [0.2, 0.25) is 0 Å². The molecule has 1 atom stereocenters. The number of hydrogen-bond donors (Lipinski definition) is 1. The number of halogens is 1. The largest absolute Gasteiger partial charge is 0.469 e. The number of nitrogens with one attached hydrogen (secondary N) is 1. The van der Waals surface area contributed by atoms with E-state index in [1.165, 1.54) is 18.9 Å². The van der Waals surface area contributed by atoms with Gasteiger partial charge in [0.25, 0.3) is 5.91 Å². The Labute approximate surface area is 117 Å². The molecule has 90 valence electrons. The molecule has 1 heterocycles. The lowest BCUT2D eigenvalue weighted by Crippen LogP contribution is -2.37. The summed E-state index contributed by atoms with van der Waals surface area (Å²) in [6.45, 7) is 0. The maximum Gasteiger partial charge on any atom is 0.308 e. The zero-order chi connectivity index (χ0) is 12.4. The summed E-state index contributed by atoms with van der Waals surface area (Å²) in [6, 6.07) is 5.69. The van der Waals surface area contributed by atoms with Crippen molar-refractivity contribution in [2.24, 2.45) is 0 Å². The second-order valence-electron chi connectivity index (χ2n) is 3.50. The standard InChI is InChI=1S/C11H10INO3S/c1-16-10(14)5-9-13-11(15)7-4-6(12)2-3-8(7)17-9/h2-4,9H,5H2,1H3,(H,13,15). The van der Waals surface area contributed by atoms with Crippen LogP contribution in [0.5, 0.6) is 0 Å². The fourth-order valence-corrected chi connectivity index (χ4v) is 3.12. The molecule has 0 bridgehead atoms. The average Bonchev–Trinajstić information content (AvgIpc) is 2.30. The summed E-state index contributed by atoms with van der Waals surface area (Å²) < 4.78 is 5.61. The van der Waals surface area contributed by atoms with Gasteiger partial charge in [0, 0.05) is 8.47 Å². The molecule has 0 fully saturated rings. The predicted molar refractivity (Wildman–Crippen MR) is 72.9 cm³/mol. The lowest BCUT2D eigenvalue weighted by atomic mass is 10.2. The van der Waals surface area contributed by atoms with Crippen molar-refractivity contribution in [3.8, 4) is 0 Å². The third-order valence-electron chi connectivity index (χ3n) is 2.33. The number of carbonyl (C=O) groups is 2. The van der Waals surface area contributed by atoms with Crippen LogP contribution in [-0.2, 0) is 9.53 Å². The van der Waals surface area contributed by atoms with E-state index in [1.54, 1.807) is 0 Å². The summed E-state index contributed by atoms with van der Waals surface area (Å²) in [7, 11) is 1.34. The van der Waals surface area contributed by atoms with Gasteiger partial charge in [0.05, 0.1) is 24.5 Å². The van der Waals surface area contributed by atoms with Gasteiger partial charge in [-0.3, -0.25) is 9.59 Å². The molecule has 0 aliphatic carbocycles. The minimum Gasteiger partial charge on any atom is -0.469 e. The zero-order valence-corrected chi connectivity index (χ0v) is 12.0. The number of amides is 1. The molecule has 2 rings (SSSR count). The summed E-state index contributed by atoms with van der Waals surface area (Å²) in [6.07, 6.45) is 0.179. The minimum absolute atomic E-state index is 0.133. The van der Waals surface area contributed by atoms with Crippen molar-refractivity contribution < 1.29 is 14.3 Å². The number of ether oxygens (including phenoxy) is 1. The molecule has 0 saturated heterocycles. The van der Waals surface area contributed by atoms with Gasteiger partial charge in [0.1, 0.15) is 0 Å². The Hall–Kier alpha value is -0.760. The SMILES string of the molecule is COC(=O)CC1NC(=O)c2cc(I)ccc2S1. The highest BCUT2D eigenvalue weighted by atomic mass is 127. The lowest BCUT2D eigenvalue weighted by Gasteiger charge is -2.24. The van der Waals surface area contributed by atoms with E-state index in [0.717, 1.165) is 8.47 Å². The van der Waals surface area contributed by atoms with E-state index in [9.17, 15) is 9.59 Å². The van der Waals surface area contributed by atoms with Crippen LogP contribution in [0.1, 0.15) is 16.8 Å². The number of esters is 1. The number of carbonyl (C=O) groups excluding carboxylic acids is 2. The molecular weight excluding hydrogens is 353 g/mol. The summed E-state index contributed by atoms with van der Waals surface area (Å²) >= 11 is 3.64. The smallest absolute Gasteiger partial charge is 0.308 e. The van der Waals surface area contributed by atoms with Crippen LogP contribution in [-0.4, -0.2) is 24.4 Å². The molecule has 1 aliphatic rings. The molecule has 1 N–H and O–H groups in total. The first-order chi connectivity index (χ1) is 8.10. The number of benzene rings is 1. The third-order valence-corrected chi connectivity index (χ3v) is 4.18. The quantitative estimate of drug-likeness (QED) is 0.645. The maximum atomic E-state index is 11.8. The number of rotatable bonds is 2. The second-order valence-corrected chi connectivity index (χ2v) is 5.99. The van der Waals surface area contributed by atoms with Crippen LogP contribution in [0.3, 0.4) is 0 Å². The van der Waals surface area contributed by atoms with Crippen molar-refractivity contribution in [2.75, 3.05) is 7.11 Å². The molecule has 0 spiro atoms. The van der Waals surface area contributed by atoms with Gasteiger partial charge in [-0.05, 0) is 40.8 Å². The normalized spacial score (nSPS) is 18.2. The molecule has 0 aromatic heterocycles. The molecule has 1 aromatic rings. The Balaban J connectivity index is 2.19. The first kappa shape index (κ1) is 12.7. The Kier molecular flexibility index (Phi) is 3.93. The zero-order valence-electron chi connectivity index (χ0n) is 9.03. The summed E-state index contributed by atoms with van der Waals surface area (Å²) in [4.78, 5) is 23.9. The van der Waals surface area contributed by atoms with Crippen LogP contribution in [0, 0.1) is 3.57 Å². The van der Waals surface area contributed by atoms with E-state index >= 15 is 0 Å². The number of methoxy groups -OCH3 is 1. The highest BCUT2D eigenvalue weighted by Gasteiger charge is 2.26. The Bertz CT molecular complexity index is 478. The van der Waals surface area contributed by atoms with E-state index in [1.807, 2.05) is 18.2 Å². The van der Waals surface area contributed by atoms with Crippen LogP contribution < -0.4 is 5.32 Å². The van der Waals surface area contributed by atoms with Gasteiger partial charge in [-0.1, -0.05) is 11.8 Å². The van der Waals surface area contributed by atoms with Gasteiger partial charge in [0.15, 0.2) is 0 Å². The molecule has 6 heteroatoms. The summed E-state index contributed by atoms with van der Waals surface area (Å²) in [5.41, 5.74) is 0.669. The number of fused-ring (bicyclic) bond motifs is 1. The minimum atomic E-state index is -0.322. The van der Waals surface area contributed by atoms with Crippen LogP contribution in [0.25, 0.3) is 0 Å². The number of hydrogen-bond acceptors (Lipinski definition) is 4. The molecule has 0 saturated carbocycles. The van der Waals surface area contributed by atoms with E-state index in [4.69, 9.17) is 0 Å². The molecule has 1 aromatic carbocycles. The van der Waals surface area contributed by atoms with Crippen molar-refractivity contribution in [1.82, 2.24) is 5.32 Å². The molecule has 1 unspecified atom stereocenters. The summed E-state index contributed by atoms with van der Waals surface area (Å²) in [5.74, 6) is -0.456. The van der Waals surface area contributed by atoms with Gasteiger partial charge >= 0.3 is 5.97 Å². The van der Waals surface area contributed by atoms with Crippen molar-refractivity contribution in [1.29, 1.82) is 0 Å².